The highest BCUT2D eigenvalue weighted by Gasteiger charge is 2.54. The van der Waals surface area contributed by atoms with E-state index < -0.39 is 11.3 Å². The summed E-state index contributed by atoms with van der Waals surface area (Å²) in [7, 11) is 1.70. The Balaban J connectivity index is 1.78. The molecule has 3 rings (SSSR count). The van der Waals surface area contributed by atoms with Crippen LogP contribution in [0, 0.1) is 17.2 Å². The van der Waals surface area contributed by atoms with Gasteiger partial charge in [0.25, 0.3) is 0 Å². The average Bonchev–Trinajstić information content (AvgIpc) is 2.94. The third kappa shape index (κ3) is 3.52. The molecule has 2 atom stereocenters. The predicted octanol–water partition coefficient (Wildman–Crippen LogP) is 0.608. The Hall–Kier alpha value is -1.99. The number of likely N-dealkylation sites (tertiary alicyclic amines) is 1. The molecule has 0 saturated carbocycles. The summed E-state index contributed by atoms with van der Waals surface area (Å²) in [6.45, 7) is 2.47. The standard InChI is InChI=1S/C18H24FN3O3/c1-21(8-13-4-2-3-5-15(13)19)17(24)18-6-7-25-11-14(18)9-22(12-18)10-16(20)23/h2-5,14H,6-12H2,1H3,(H2,20,23). The second-order valence-corrected chi connectivity index (χ2v) is 7.07. The van der Waals surface area contributed by atoms with E-state index in [2.05, 4.69) is 0 Å². The highest BCUT2D eigenvalue weighted by Crippen LogP contribution is 2.43. The van der Waals surface area contributed by atoms with E-state index in [0.717, 1.165) is 0 Å². The van der Waals surface area contributed by atoms with E-state index in [9.17, 15) is 14.0 Å². The maximum absolute atomic E-state index is 13.9. The fraction of sp³-hybridized carbons (Fsp3) is 0.556. The van der Waals surface area contributed by atoms with Crippen LogP contribution >= 0.6 is 0 Å². The number of rotatable bonds is 5. The molecular weight excluding hydrogens is 325 g/mol. The summed E-state index contributed by atoms with van der Waals surface area (Å²) < 4.78 is 19.5. The molecule has 25 heavy (non-hydrogen) atoms. The summed E-state index contributed by atoms with van der Waals surface area (Å²) >= 11 is 0. The van der Waals surface area contributed by atoms with Crippen LogP contribution in [0.15, 0.2) is 24.3 Å². The second-order valence-electron chi connectivity index (χ2n) is 7.07. The minimum absolute atomic E-state index is 0.0176. The van der Waals surface area contributed by atoms with Crippen molar-refractivity contribution < 1.29 is 18.7 Å². The molecule has 136 valence electrons. The Labute approximate surface area is 146 Å². The van der Waals surface area contributed by atoms with Gasteiger partial charge in [-0.3, -0.25) is 14.5 Å². The fourth-order valence-electron chi connectivity index (χ4n) is 4.08. The molecule has 2 aliphatic heterocycles. The average molecular weight is 349 g/mol. The van der Waals surface area contributed by atoms with Gasteiger partial charge in [-0.05, 0) is 12.5 Å². The van der Waals surface area contributed by atoms with Gasteiger partial charge in [-0.2, -0.15) is 0 Å². The van der Waals surface area contributed by atoms with Gasteiger partial charge >= 0.3 is 0 Å². The van der Waals surface area contributed by atoms with Gasteiger partial charge in [0.2, 0.25) is 11.8 Å². The van der Waals surface area contributed by atoms with Gasteiger partial charge < -0.3 is 15.4 Å². The molecule has 2 aliphatic rings. The molecule has 2 unspecified atom stereocenters. The zero-order valence-corrected chi connectivity index (χ0v) is 14.4. The van der Waals surface area contributed by atoms with Crippen LogP contribution in [0.5, 0.6) is 0 Å². The first-order valence-electron chi connectivity index (χ1n) is 8.50. The van der Waals surface area contributed by atoms with Crippen LogP contribution in [0.2, 0.25) is 0 Å². The third-order valence-electron chi connectivity index (χ3n) is 5.29. The molecule has 0 radical (unpaired) electrons. The van der Waals surface area contributed by atoms with E-state index in [0.29, 0.717) is 38.3 Å². The van der Waals surface area contributed by atoms with Gasteiger partial charge in [0.05, 0.1) is 18.6 Å². The van der Waals surface area contributed by atoms with Crippen LogP contribution < -0.4 is 5.73 Å². The Bertz CT molecular complexity index is 669. The lowest BCUT2D eigenvalue weighted by molar-refractivity contribution is -0.150. The number of carbonyl (C=O) groups excluding carboxylic acids is 2. The lowest BCUT2D eigenvalue weighted by Crippen LogP contribution is -2.51. The number of hydrogen-bond acceptors (Lipinski definition) is 4. The first kappa shape index (κ1) is 17.8. The topological polar surface area (TPSA) is 75.9 Å². The number of nitrogens with two attached hydrogens (primary N) is 1. The first-order valence-corrected chi connectivity index (χ1v) is 8.50. The Morgan fingerprint density at radius 2 is 2.20 bits per heavy atom. The lowest BCUT2D eigenvalue weighted by atomic mass is 9.73. The normalized spacial score (nSPS) is 26.2. The quantitative estimate of drug-likeness (QED) is 0.845. The van der Waals surface area contributed by atoms with Crippen LogP contribution in [0.4, 0.5) is 4.39 Å². The number of nitrogens with zero attached hydrogens (tertiary/aromatic N) is 2. The molecule has 6 nitrogen and oxygen atoms in total. The SMILES string of the molecule is CN(Cc1ccccc1F)C(=O)C12CCOCC1CN(CC(N)=O)C2. The summed E-state index contributed by atoms with van der Waals surface area (Å²) in [4.78, 5) is 28.0. The van der Waals surface area contributed by atoms with Crippen molar-refractivity contribution in [3.63, 3.8) is 0 Å². The molecule has 0 aromatic heterocycles. The van der Waals surface area contributed by atoms with Crippen molar-refractivity contribution in [3.8, 4) is 0 Å². The van der Waals surface area contributed by atoms with Crippen molar-refractivity contribution in [2.24, 2.45) is 17.1 Å². The van der Waals surface area contributed by atoms with E-state index in [-0.39, 0.29) is 30.7 Å². The summed E-state index contributed by atoms with van der Waals surface area (Å²) in [6.07, 6.45) is 0.605. The second kappa shape index (κ2) is 7.09. The number of primary amides is 1. The molecule has 0 bridgehead atoms. The van der Waals surface area contributed by atoms with Crippen LogP contribution in [0.3, 0.4) is 0 Å². The third-order valence-corrected chi connectivity index (χ3v) is 5.29. The van der Waals surface area contributed by atoms with Crippen molar-refractivity contribution in [2.45, 2.75) is 13.0 Å². The number of hydrogen-bond donors (Lipinski definition) is 1. The molecule has 1 aromatic rings. The van der Waals surface area contributed by atoms with Crippen molar-refractivity contribution >= 4 is 11.8 Å². The van der Waals surface area contributed by atoms with Crippen molar-refractivity contribution in [3.05, 3.63) is 35.6 Å². The number of carbonyl (C=O) groups is 2. The van der Waals surface area contributed by atoms with Crippen LogP contribution in [0.1, 0.15) is 12.0 Å². The molecule has 2 fully saturated rings. The Kier molecular flexibility index (Phi) is 5.06. The zero-order valence-electron chi connectivity index (χ0n) is 14.4. The molecule has 0 spiro atoms. The lowest BCUT2D eigenvalue weighted by Gasteiger charge is -2.39. The van der Waals surface area contributed by atoms with Crippen LogP contribution in [0.25, 0.3) is 0 Å². The number of benzene rings is 1. The van der Waals surface area contributed by atoms with Crippen LogP contribution in [-0.4, -0.2) is 61.5 Å². The minimum Gasteiger partial charge on any atom is -0.381 e. The Morgan fingerprint density at radius 1 is 1.44 bits per heavy atom. The summed E-state index contributed by atoms with van der Waals surface area (Å²) in [5, 5.41) is 0. The van der Waals surface area contributed by atoms with Gasteiger partial charge in [0.15, 0.2) is 0 Å². The molecule has 2 amide bonds. The van der Waals surface area contributed by atoms with Crippen LogP contribution in [-0.2, 0) is 20.9 Å². The van der Waals surface area contributed by atoms with E-state index >= 15 is 0 Å². The molecule has 7 heteroatoms. The van der Waals surface area contributed by atoms with Crippen molar-refractivity contribution in [2.75, 3.05) is 39.9 Å². The van der Waals surface area contributed by atoms with E-state index in [1.54, 1.807) is 30.1 Å². The van der Waals surface area contributed by atoms with Crippen molar-refractivity contribution in [1.29, 1.82) is 0 Å². The minimum atomic E-state index is -0.590. The Morgan fingerprint density at radius 3 is 2.92 bits per heavy atom. The van der Waals surface area contributed by atoms with Crippen molar-refractivity contribution in [1.82, 2.24) is 9.80 Å². The predicted molar refractivity (Wildman–Crippen MR) is 89.9 cm³/mol. The highest BCUT2D eigenvalue weighted by molar-refractivity contribution is 5.84. The summed E-state index contributed by atoms with van der Waals surface area (Å²) in [6, 6.07) is 6.47. The van der Waals surface area contributed by atoms with E-state index in [4.69, 9.17) is 10.5 Å². The van der Waals surface area contributed by atoms with E-state index in [1.165, 1.54) is 6.07 Å². The smallest absolute Gasteiger partial charge is 0.231 e. The van der Waals surface area contributed by atoms with Gasteiger partial charge in [-0.25, -0.2) is 4.39 Å². The van der Waals surface area contributed by atoms with Gasteiger partial charge in [-0.1, -0.05) is 18.2 Å². The van der Waals surface area contributed by atoms with Gasteiger partial charge in [0, 0.05) is 44.8 Å². The number of fused-ring (bicyclic) bond motifs is 1. The zero-order chi connectivity index (χ0) is 18.0. The maximum atomic E-state index is 13.9. The van der Waals surface area contributed by atoms with E-state index in [1.807, 2.05) is 4.90 Å². The van der Waals surface area contributed by atoms with Gasteiger partial charge in [-0.15, -0.1) is 0 Å². The largest absolute Gasteiger partial charge is 0.381 e. The first-order chi connectivity index (χ1) is 11.9. The number of halogens is 1. The molecule has 2 N–H and O–H groups in total. The molecule has 2 saturated heterocycles. The number of ether oxygens (including phenoxy) is 1. The summed E-state index contributed by atoms with van der Waals surface area (Å²) in [5.74, 6) is -0.709. The highest BCUT2D eigenvalue weighted by atomic mass is 19.1. The molecule has 2 heterocycles. The monoisotopic (exact) mass is 349 g/mol. The van der Waals surface area contributed by atoms with Gasteiger partial charge in [0.1, 0.15) is 5.82 Å². The molecule has 1 aromatic carbocycles. The summed E-state index contributed by atoms with van der Waals surface area (Å²) in [5.41, 5.74) is 5.21. The molecule has 0 aliphatic carbocycles. The number of amides is 2. The maximum Gasteiger partial charge on any atom is 0.231 e. The fourth-order valence-corrected chi connectivity index (χ4v) is 4.08. The molecular formula is C18H24FN3O3.